The maximum atomic E-state index is 5.79. The molecule has 1 aromatic heterocycles. The van der Waals surface area contributed by atoms with Gasteiger partial charge in [-0.25, -0.2) is 4.98 Å². The lowest BCUT2D eigenvalue weighted by molar-refractivity contribution is 0.455. The maximum Gasteiger partial charge on any atom is 0.219 e. The minimum atomic E-state index is 0.497. The monoisotopic (exact) mass is 228 g/mol. The highest BCUT2D eigenvalue weighted by atomic mass is 16.5. The number of benzene rings is 1. The lowest BCUT2D eigenvalue weighted by atomic mass is 10.1. The summed E-state index contributed by atoms with van der Waals surface area (Å²) < 4.78 is 5.79. The third-order valence-corrected chi connectivity index (χ3v) is 2.65. The first-order valence-electron chi connectivity index (χ1n) is 5.60. The summed E-state index contributed by atoms with van der Waals surface area (Å²) in [4.78, 5) is 4.22. The third-order valence-electron chi connectivity index (χ3n) is 2.65. The zero-order valence-corrected chi connectivity index (χ0v) is 10.1. The van der Waals surface area contributed by atoms with E-state index in [4.69, 9.17) is 10.5 Å². The molecule has 17 heavy (non-hydrogen) atoms. The Bertz CT molecular complexity index is 486. The molecular weight excluding hydrogens is 212 g/mol. The smallest absolute Gasteiger partial charge is 0.219 e. The summed E-state index contributed by atoms with van der Waals surface area (Å²) >= 11 is 0. The Kier molecular flexibility index (Phi) is 3.40. The van der Waals surface area contributed by atoms with Gasteiger partial charge >= 0.3 is 0 Å². The third kappa shape index (κ3) is 2.63. The zero-order chi connectivity index (χ0) is 12.3. The van der Waals surface area contributed by atoms with Crippen LogP contribution in [0.25, 0.3) is 0 Å². The molecule has 0 aliphatic rings. The Labute approximate surface area is 101 Å². The van der Waals surface area contributed by atoms with Gasteiger partial charge in [-0.1, -0.05) is 24.3 Å². The fourth-order valence-electron chi connectivity index (χ4n) is 1.66. The summed E-state index contributed by atoms with van der Waals surface area (Å²) in [6.45, 7) is 4.55. The Morgan fingerprint density at radius 2 is 1.82 bits per heavy atom. The average Bonchev–Trinajstić information content (AvgIpc) is 2.35. The van der Waals surface area contributed by atoms with Crippen molar-refractivity contribution in [1.82, 2.24) is 4.98 Å². The van der Waals surface area contributed by atoms with Crippen LogP contribution in [0.5, 0.6) is 11.6 Å². The fraction of sp³-hybridized carbons (Fsp3) is 0.214. The molecule has 88 valence electrons. The van der Waals surface area contributed by atoms with Crippen molar-refractivity contribution in [2.24, 2.45) is 5.73 Å². The molecule has 0 unspecified atom stereocenters. The summed E-state index contributed by atoms with van der Waals surface area (Å²) in [7, 11) is 0. The van der Waals surface area contributed by atoms with Gasteiger partial charge in [-0.05, 0) is 30.5 Å². The molecule has 0 atom stereocenters. The molecule has 0 bridgehead atoms. The predicted octanol–water partition coefficient (Wildman–Crippen LogP) is 2.95. The molecule has 3 heteroatoms. The van der Waals surface area contributed by atoms with E-state index in [1.54, 1.807) is 6.20 Å². The Balaban J connectivity index is 2.25. The molecule has 0 saturated carbocycles. The number of aryl methyl sites for hydroxylation is 2. The topological polar surface area (TPSA) is 48.1 Å². The van der Waals surface area contributed by atoms with Crippen LogP contribution in [-0.2, 0) is 6.54 Å². The lowest BCUT2D eigenvalue weighted by Crippen LogP contribution is -1.98. The van der Waals surface area contributed by atoms with Gasteiger partial charge in [-0.2, -0.15) is 0 Å². The van der Waals surface area contributed by atoms with Gasteiger partial charge in [0.25, 0.3) is 0 Å². The van der Waals surface area contributed by atoms with Crippen molar-refractivity contribution in [1.29, 1.82) is 0 Å². The van der Waals surface area contributed by atoms with Gasteiger partial charge in [-0.15, -0.1) is 0 Å². The number of nitrogens with zero attached hydrogens (tertiary/aromatic N) is 1. The minimum absolute atomic E-state index is 0.497. The van der Waals surface area contributed by atoms with Gasteiger partial charge < -0.3 is 10.5 Å². The summed E-state index contributed by atoms with van der Waals surface area (Å²) in [5.74, 6) is 1.47. The molecule has 0 amide bonds. The number of pyridine rings is 1. The van der Waals surface area contributed by atoms with Crippen molar-refractivity contribution < 1.29 is 4.74 Å². The Morgan fingerprint density at radius 1 is 1.12 bits per heavy atom. The van der Waals surface area contributed by atoms with Crippen molar-refractivity contribution in [3.8, 4) is 11.6 Å². The molecule has 0 saturated heterocycles. The standard InChI is InChI=1S/C14H16N2O/c1-10-4-3-5-11(2)14(10)17-13-7-6-12(8-15)9-16-13/h3-7,9H,8,15H2,1-2H3. The molecule has 3 nitrogen and oxygen atoms in total. The van der Waals surface area contributed by atoms with Crippen molar-refractivity contribution >= 4 is 0 Å². The Hall–Kier alpha value is -1.87. The van der Waals surface area contributed by atoms with E-state index in [0.717, 1.165) is 22.4 Å². The van der Waals surface area contributed by atoms with Crippen molar-refractivity contribution in [2.75, 3.05) is 0 Å². The van der Waals surface area contributed by atoms with Crippen LogP contribution in [0.15, 0.2) is 36.5 Å². The fourth-order valence-corrected chi connectivity index (χ4v) is 1.66. The van der Waals surface area contributed by atoms with Gasteiger partial charge in [0.1, 0.15) is 5.75 Å². The molecule has 0 radical (unpaired) electrons. The predicted molar refractivity (Wildman–Crippen MR) is 68.1 cm³/mol. The first-order valence-corrected chi connectivity index (χ1v) is 5.60. The Morgan fingerprint density at radius 3 is 2.35 bits per heavy atom. The number of ether oxygens (including phenoxy) is 1. The second kappa shape index (κ2) is 4.97. The second-order valence-electron chi connectivity index (χ2n) is 4.03. The van der Waals surface area contributed by atoms with E-state index >= 15 is 0 Å². The molecule has 2 aromatic rings. The molecule has 1 heterocycles. The number of rotatable bonds is 3. The van der Waals surface area contributed by atoms with Crippen LogP contribution in [0.2, 0.25) is 0 Å². The lowest BCUT2D eigenvalue weighted by Gasteiger charge is -2.10. The number of aromatic nitrogens is 1. The van der Waals surface area contributed by atoms with Gasteiger partial charge in [0.2, 0.25) is 5.88 Å². The second-order valence-corrected chi connectivity index (χ2v) is 4.03. The molecular formula is C14H16N2O. The first-order chi connectivity index (χ1) is 8.20. The van der Waals surface area contributed by atoms with Crippen LogP contribution in [0, 0.1) is 13.8 Å². The molecule has 2 N–H and O–H groups in total. The van der Waals surface area contributed by atoms with Crippen LogP contribution in [0.4, 0.5) is 0 Å². The number of hydrogen-bond acceptors (Lipinski definition) is 3. The van der Waals surface area contributed by atoms with E-state index in [1.807, 2.05) is 44.2 Å². The number of nitrogens with two attached hydrogens (primary N) is 1. The maximum absolute atomic E-state index is 5.79. The van der Waals surface area contributed by atoms with E-state index in [0.29, 0.717) is 12.4 Å². The van der Waals surface area contributed by atoms with Crippen LogP contribution in [0.3, 0.4) is 0 Å². The van der Waals surface area contributed by atoms with E-state index in [-0.39, 0.29) is 0 Å². The van der Waals surface area contributed by atoms with Gasteiger partial charge in [0.15, 0.2) is 0 Å². The highest BCUT2D eigenvalue weighted by molar-refractivity contribution is 5.41. The highest BCUT2D eigenvalue weighted by Crippen LogP contribution is 2.27. The molecule has 1 aromatic carbocycles. The summed E-state index contributed by atoms with van der Waals surface area (Å²) in [5.41, 5.74) is 8.73. The first kappa shape index (κ1) is 11.6. The molecule has 0 aliphatic carbocycles. The number of hydrogen-bond donors (Lipinski definition) is 1. The summed E-state index contributed by atoms with van der Waals surface area (Å²) in [6.07, 6.45) is 1.74. The van der Waals surface area contributed by atoms with Crippen molar-refractivity contribution in [3.05, 3.63) is 53.2 Å². The average molecular weight is 228 g/mol. The van der Waals surface area contributed by atoms with Gasteiger partial charge in [-0.3, -0.25) is 0 Å². The largest absolute Gasteiger partial charge is 0.438 e. The highest BCUT2D eigenvalue weighted by Gasteiger charge is 2.05. The minimum Gasteiger partial charge on any atom is -0.438 e. The quantitative estimate of drug-likeness (QED) is 0.878. The molecule has 0 aliphatic heterocycles. The molecule has 0 fully saturated rings. The van der Waals surface area contributed by atoms with Crippen LogP contribution < -0.4 is 10.5 Å². The number of para-hydroxylation sites is 1. The van der Waals surface area contributed by atoms with Crippen molar-refractivity contribution in [3.63, 3.8) is 0 Å². The van der Waals surface area contributed by atoms with Gasteiger partial charge in [0.05, 0.1) is 0 Å². The molecule has 2 rings (SSSR count). The zero-order valence-electron chi connectivity index (χ0n) is 10.1. The van der Waals surface area contributed by atoms with E-state index in [9.17, 15) is 0 Å². The summed E-state index contributed by atoms with van der Waals surface area (Å²) in [6, 6.07) is 9.83. The van der Waals surface area contributed by atoms with Gasteiger partial charge in [0, 0.05) is 18.8 Å². The van der Waals surface area contributed by atoms with Crippen LogP contribution in [0.1, 0.15) is 16.7 Å². The SMILES string of the molecule is Cc1cccc(C)c1Oc1ccc(CN)cn1. The normalized spacial score (nSPS) is 10.3. The van der Waals surface area contributed by atoms with Crippen LogP contribution >= 0.6 is 0 Å². The van der Waals surface area contributed by atoms with E-state index in [1.165, 1.54) is 0 Å². The summed E-state index contributed by atoms with van der Waals surface area (Å²) in [5, 5.41) is 0. The van der Waals surface area contributed by atoms with E-state index < -0.39 is 0 Å². The van der Waals surface area contributed by atoms with E-state index in [2.05, 4.69) is 4.98 Å². The molecule has 0 spiro atoms. The van der Waals surface area contributed by atoms with Crippen LogP contribution in [-0.4, -0.2) is 4.98 Å². The van der Waals surface area contributed by atoms with Crippen molar-refractivity contribution in [2.45, 2.75) is 20.4 Å².